The summed E-state index contributed by atoms with van der Waals surface area (Å²) in [4.78, 5) is 52.8. The Kier molecular flexibility index (Phi) is 9.80. The standard InChI is InChI=1S/C33H41F2N3O7/c1-8-43-29(40)23-18-38(20-12-13-20)27-21(26(35)24(34)16-22(27)28(23)39)10-9-11-25-19(17-36-30(41)44-32(2,3)4)14-15-37(25)31(42)45-33(5,6)7/h16,18-20,25H,8,11-15,17H2,1-7H3,(H,36,41)/t19-,25-/m0/s1. The Hall–Kier alpha value is -4.14. The third-order valence-electron chi connectivity index (χ3n) is 7.39. The number of carbonyl (C=O) groups is 3. The molecule has 0 bridgehead atoms. The van der Waals surface area contributed by atoms with E-state index in [1.165, 1.54) is 11.1 Å². The van der Waals surface area contributed by atoms with Crippen LogP contribution in [0.2, 0.25) is 0 Å². The SMILES string of the molecule is CCOC(=O)c1cn(C2CC2)c2c(C#CC[C@H]3[C@H](CNC(=O)OC(C)(C)C)CCN3C(=O)OC(C)(C)C)c(F)c(F)cc2c1=O. The number of amides is 2. The van der Waals surface area contributed by atoms with Gasteiger partial charge >= 0.3 is 18.2 Å². The van der Waals surface area contributed by atoms with Crippen LogP contribution in [0.1, 0.15) is 96.1 Å². The van der Waals surface area contributed by atoms with Gasteiger partial charge in [-0.2, -0.15) is 0 Å². The van der Waals surface area contributed by atoms with Crippen LogP contribution in [-0.2, 0) is 14.2 Å². The maximum atomic E-state index is 15.4. The van der Waals surface area contributed by atoms with E-state index in [0.29, 0.717) is 13.0 Å². The highest BCUT2D eigenvalue weighted by Crippen LogP contribution is 2.38. The van der Waals surface area contributed by atoms with E-state index in [-0.39, 0.29) is 53.6 Å². The Morgan fingerprint density at radius 3 is 2.31 bits per heavy atom. The molecule has 2 aliphatic rings. The van der Waals surface area contributed by atoms with Gasteiger partial charge in [-0.3, -0.25) is 4.79 Å². The summed E-state index contributed by atoms with van der Waals surface area (Å²) >= 11 is 0. The Labute approximate surface area is 261 Å². The lowest BCUT2D eigenvalue weighted by atomic mass is 9.97. The highest BCUT2D eigenvalue weighted by atomic mass is 19.2. The van der Waals surface area contributed by atoms with Crippen LogP contribution in [0.25, 0.3) is 10.9 Å². The minimum absolute atomic E-state index is 0.0456. The zero-order valence-corrected chi connectivity index (χ0v) is 26.8. The van der Waals surface area contributed by atoms with Crippen LogP contribution >= 0.6 is 0 Å². The van der Waals surface area contributed by atoms with Crippen LogP contribution in [0.15, 0.2) is 17.1 Å². The van der Waals surface area contributed by atoms with Crippen LogP contribution in [-0.4, -0.2) is 64.6 Å². The average molecular weight is 630 g/mol. The van der Waals surface area contributed by atoms with Crippen LogP contribution < -0.4 is 10.7 Å². The normalized spacial score (nSPS) is 18.3. The number of hydrogen-bond acceptors (Lipinski definition) is 7. The van der Waals surface area contributed by atoms with Gasteiger partial charge in [0.05, 0.1) is 29.1 Å². The van der Waals surface area contributed by atoms with Crippen molar-refractivity contribution in [2.24, 2.45) is 5.92 Å². The molecule has 10 nitrogen and oxygen atoms in total. The van der Waals surface area contributed by atoms with Gasteiger partial charge in [0.25, 0.3) is 0 Å². The zero-order valence-electron chi connectivity index (χ0n) is 26.8. The van der Waals surface area contributed by atoms with Gasteiger partial charge in [-0.25, -0.2) is 23.2 Å². The topological polar surface area (TPSA) is 116 Å². The van der Waals surface area contributed by atoms with Crippen molar-refractivity contribution in [1.82, 2.24) is 14.8 Å². The predicted octanol–water partition coefficient (Wildman–Crippen LogP) is 5.68. The summed E-state index contributed by atoms with van der Waals surface area (Å²) in [5.74, 6) is 2.09. The number of benzene rings is 1. The number of likely N-dealkylation sites (tertiary alicyclic amines) is 1. The summed E-state index contributed by atoms with van der Waals surface area (Å²) in [6.45, 7) is 12.7. The Morgan fingerprint density at radius 1 is 1.04 bits per heavy atom. The second-order valence-electron chi connectivity index (χ2n) is 13.4. The molecular weight excluding hydrogens is 588 g/mol. The molecular formula is C33H41F2N3O7. The van der Waals surface area contributed by atoms with Crippen LogP contribution in [0.4, 0.5) is 18.4 Å². The molecule has 0 radical (unpaired) electrons. The molecule has 2 amide bonds. The van der Waals surface area contributed by atoms with Crippen molar-refractivity contribution >= 4 is 29.1 Å². The van der Waals surface area contributed by atoms with Crippen molar-refractivity contribution in [3.05, 3.63) is 45.2 Å². The summed E-state index contributed by atoms with van der Waals surface area (Å²) in [6, 6.07) is 0.151. The molecule has 1 aliphatic carbocycles. The number of carbonyl (C=O) groups excluding carboxylic acids is 3. The van der Waals surface area contributed by atoms with E-state index in [1.54, 1.807) is 53.0 Å². The van der Waals surface area contributed by atoms with Crippen molar-refractivity contribution in [3.8, 4) is 11.8 Å². The van der Waals surface area contributed by atoms with Crippen molar-refractivity contribution < 1.29 is 37.4 Å². The third kappa shape index (κ3) is 8.12. The molecule has 2 heterocycles. The number of esters is 1. The van der Waals surface area contributed by atoms with Gasteiger partial charge in [0.1, 0.15) is 16.8 Å². The first-order valence-corrected chi connectivity index (χ1v) is 15.2. The number of fused-ring (bicyclic) bond motifs is 1. The second-order valence-corrected chi connectivity index (χ2v) is 13.4. The monoisotopic (exact) mass is 629 g/mol. The largest absolute Gasteiger partial charge is 0.462 e. The Balaban J connectivity index is 1.71. The molecule has 244 valence electrons. The summed E-state index contributed by atoms with van der Waals surface area (Å²) < 4.78 is 47.9. The van der Waals surface area contributed by atoms with Crippen LogP contribution in [0.3, 0.4) is 0 Å². The van der Waals surface area contributed by atoms with Crippen molar-refractivity contribution in [2.45, 2.75) is 97.4 Å². The van der Waals surface area contributed by atoms with Crippen molar-refractivity contribution in [1.29, 1.82) is 0 Å². The lowest BCUT2D eigenvalue weighted by Gasteiger charge is -2.30. The van der Waals surface area contributed by atoms with E-state index < -0.39 is 52.5 Å². The minimum atomic E-state index is -1.28. The summed E-state index contributed by atoms with van der Waals surface area (Å²) in [7, 11) is 0. The second kappa shape index (κ2) is 13.1. The summed E-state index contributed by atoms with van der Waals surface area (Å²) in [5.41, 5.74) is -2.69. The van der Waals surface area contributed by atoms with E-state index >= 15 is 4.39 Å². The van der Waals surface area contributed by atoms with Crippen molar-refractivity contribution in [3.63, 3.8) is 0 Å². The predicted molar refractivity (Wildman–Crippen MR) is 163 cm³/mol. The fourth-order valence-corrected chi connectivity index (χ4v) is 5.33. The lowest BCUT2D eigenvalue weighted by molar-refractivity contribution is 0.0211. The molecule has 2 atom stereocenters. The number of pyridine rings is 1. The fourth-order valence-electron chi connectivity index (χ4n) is 5.33. The number of alkyl carbamates (subject to hydrolysis) is 1. The molecule has 45 heavy (non-hydrogen) atoms. The molecule has 1 N–H and O–H groups in total. The lowest BCUT2D eigenvalue weighted by Crippen LogP contribution is -2.43. The van der Waals surface area contributed by atoms with Gasteiger partial charge in [0, 0.05) is 31.7 Å². The number of hydrogen-bond donors (Lipinski definition) is 1. The van der Waals surface area contributed by atoms with E-state index in [1.807, 2.05) is 0 Å². The summed E-state index contributed by atoms with van der Waals surface area (Å²) in [6.07, 6.45) is 2.23. The number of halogens is 2. The molecule has 2 fully saturated rings. The molecule has 4 rings (SSSR count). The van der Waals surface area contributed by atoms with Crippen molar-refractivity contribution in [2.75, 3.05) is 19.7 Å². The number of ether oxygens (including phenoxy) is 3. The molecule has 2 aromatic rings. The molecule has 1 saturated heterocycles. The summed E-state index contributed by atoms with van der Waals surface area (Å²) in [5, 5.41) is 2.58. The number of rotatable bonds is 6. The smallest absolute Gasteiger partial charge is 0.410 e. The van der Waals surface area contributed by atoms with E-state index in [9.17, 15) is 23.6 Å². The van der Waals surface area contributed by atoms with Gasteiger partial charge in [-0.05, 0) is 79.7 Å². The first kappa shape index (κ1) is 33.7. The first-order chi connectivity index (χ1) is 21.0. The Morgan fingerprint density at radius 2 is 1.71 bits per heavy atom. The molecule has 1 aromatic carbocycles. The molecule has 0 spiro atoms. The Bertz CT molecular complexity index is 1610. The highest BCUT2D eigenvalue weighted by Gasteiger charge is 2.39. The fraction of sp³-hybridized carbons (Fsp3) is 0.576. The number of aromatic nitrogens is 1. The quantitative estimate of drug-likeness (QED) is 0.248. The van der Waals surface area contributed by atoms with Gasteiger partial charge in [-0.15, -0.1) is 0 Å². The molecule has 1 aliphatic heterocycles. The maximum Gasteiger partial charge on any atom is 0.410 e. The number of nitrogens with zero attached hydrogens (tertiary/aromatic N) is 2. The van der Waals surface area contributed by atoms with Gasteiger partial charge in [0.2, 0.25) is 5.43 Å². The highest BCUT2D eigenvalue weighted by molar-refractivity contribution is 5.95. The maximum absolute atomic E-state index is 15.4. The van der Waals surface area contributed by atoms with Crippen LogP contribution in [0, 0.1) is 29.4 Å². The molecule has 1 aromatic heterocycles. The molecule has 12 heteroatoms. The zero-order chi connectivity index (χ0) is 33.3. The minimum Gasteiger partial charge on any atom is -0.462 e. The number of nitrogens with one attached hydrogen (secondary N) is 1. The van der Waals surface area contributed by atoms with E-state index in [0.717, 1.165) is 18.9 Å². The third-order valence-corrected chi connectivity index (χ3v) is 7.39. The van der Waals surface area contributed by atoms with Gasteiger partial charge in [-0.1, -0.05) is 11.8 Å². The van der Waals surface area contributed by atoms with E-state index in [4.69, 9.17) is 14.2 Å². The molecule has 0 unspecified atom stereocenters. The molecule has 1 saturated carbocycles. The van der Waals surface area contributed by atoms with Crippen LogP contribution in [0.5, 0.6) is 0 Å². The van der Waals surface area contributed by atoms with E-state index in [2.05, 4.69) is 17.2 Å². The van der Waals surface area contributed by atoms with Gasteiger partial charge in [0.15, 0.2) is 11.6 Å². The average Bonchev–Trinajstić information content (AvgIpc) is 3.68. The van der Waals surface area contributed by atoms with Gasteiger partial charge < -0.3 is 29.0 Å². The first-order valence-electron chi connectivity index (χ1n) is 15.2.